The quantitative estimate of drug-likeness (QED) is 0.720. The first-order valence-electron chi connectivity index (χ1n) is 4.49. The van der Waals surface area contributed by atoms with Gasteiger partial charge in [0.25, 0.3) is 0 Å². The van der Waals surface area contributed by atoms with Crippen molar-refractivity contribution in [1.29, 1.82) is 0 Å². The summed E-state index contributed by atoms with van der Waals surface area (Å²) in [6, 6.07) is 7.37. The third-order valence-electron chi connectivity index (χ3n) is 2.47. The van der Waals surface area contributed by atoms with Crippen molar-refractivity contribution < 1.29 is 9.59 Å². The van der Waals surface area contributed by atoms with Crippen LogP contribution in [0.3, 0.4) is 0 Å². The summed E-state index contributed by atoms with van der Waals surface area (Å²) in [5.74, 6) is -0.391. The van der Waals surface area contributed by atoms with E-state index in [0.717, 1.165) is 10.0 Å². The molecule has 2 nitrogen and oxygen atoms in total. The van der Waals surface area contributed by atoms with Crippen LogP contribution in [0.1, 0.15) is 24.3 Å². The van der Waals surface area contributed by atoms with Gasteiger partial charge in [0.1, 0.15) is 17.5 Å². The minimum absolute atomic E-state index is 0.0531. The van der Waals surface area contributed by atoms with E-state index >= 15 is 0 Å². The first-order valence-corrected chi connectivity index (χ1v) is 5.28. The molecule has 72 valence electrons. The topological polar surface area (TPSA) is 34.1 Å². The molecule has 0 amide bonds. The zero-order chi connectivity index (χ0) is 10.1. The first-order chi connectivity index (χ1) is 6.68. The van der Waals surface area contributed by atoms with Gasteiger partial charge in [-0.1, -0.05) is 28.1 Å². The molecule has 0 bridgehead atoms. The molecule has 14 heavy (non-hydrogen) atoms. The average molecular weight is 253 g/mol. The molecule has 0 N–H and O–H groups in total. The van der Waals surface area contributed by atoms with Crippen molar-refractivity contribution in [1.82, 2.24) is 0 Å². The number of hydrogen-bond acceptors (Lipinski definition) is 2. The van der Waals surface area contributed by atoms with Crippen molar-refractivity contribution in [3.63, 3.8) is 0 Å². The molecule has 0 aromatic heterocycles. The van der Waals surface area contributed by atoms with Gasteiger partial charge in [-0.2, -0.15) is 0 Å². The van der Waals surface area contributed by atoms with Crippen LogP contribution in [-0.2, 0) is 9.59 Å². The number of Topliss-reactive ketones (excluding diaryl/α,β-unsaturated/α-hetero) is 2. The van der Waals surface area contributed by atoms with Crippen molar-refractivity contribution in [3.8, 4) is 0 Å². The van der Waals surface area contributed by atoms with Gasteiger partial charge in [-0.15, -0.1) is 0 Å². The van der Waals surface area contributed by atoms with Gasteiger partial charge in [0, 0.05) is 17.3 Å². The standard InChI is InChI=1S/C11H9BrO2/c12-8-3-1-7(2-4-8)11-9(13)5-6-10(11)14/h1-4,11H,5-6H2. The van der Waals surface area contributed by atoms with Gasteiger partial charge in [0.2, 0.25) is 0 Å². The predicted molar refractivity (Wildman–Crippen MR) is 56.1 cm³/mol. The molecule has 3 heteroatoms. The predicted octanol–water partition coefficient (Wildman–Crippen LogP) is 2.46. The maximum Gasteiger partial charge on any atom is 0.148 e. The lowest BCUT2D eigenvalue weighted by atomic mass is 9.96. The summed E-state index contributed by atoms with van der Waals surface area (Å²) in [5, 5.41) is 0. The van der Waals surface area contributed by atoms with Crippen molar-refractivity contribution >= 4 is 27.5 Å². The molecule has 0 unspecified atom stereocenters. The maximum absolute atomic E-state index is 11.4. The SMILES string of the molecule is O=C1CCC(=O)C1c1ccc(Br)cc1. The number of halogens is 1. The number of carbonyl (C=O) groups excluding carboxylic acids is 2. The zero-order valence-corrected chi connectivity index (χ0v) is 9.08. The van der Waals surface area contributed by atoms with Crippen LogP contribution in [0.2, 0.25) is 0 Å². The smallest absolute Gasteiger partial charge is 0.148 e. The molecule has 0 aliphatic heterocycles. The second-order valence-corrected chi connectivity index (χ2v) is 4.33. The molecule has 0 heterocycles. The van der Waals surface area contributed by atoms with E-state index in [2.05, 4.69) is 15.9 Å². The Kier molecular flexibility index (Phi) is 2.50. The highest BCUT2D eigenvalue weighted by molar-refractivity contribution is 9.10. The summed E-state index contributed by atoms with van der Waals surface area (Å²) in [7, 11) is 0. The Bertz CT molecular complexity index is 365. The summed E-state index contributed by atoms with van der Waals surface area (Å²) in [6.45, 7) is 0. The Morgan fingerprint density at radius 2 is 1.50 bits per heavy atom. The van der Waals surface area contributed by atoms with Crippen LogP contribution in [-0.4, -0.2) is 11.6 Å². The minimum Gasteiger partial charge on any atom is -0.299 e. The summed E-state index contributed by atoms with van der Waals surface area (Å²) in [5.41, 5.74) is 0.820. The summed E-state index contributed by atoms with van der Waals surface area (Å²) >= 11 is 3.31. The van der Waals surface area contributed by atoms with Crippen LogP contribution in [0.5, 0.6) is 0 Å². The monoisotopic (exact) mass is 252 g/mol. The van der Waals surface area contributed by atoms with E-state index in [0.29, 0.717) is 12.8 Å². The Morgan fingerprint density at radius 3 is 2.00 bits per heavy atom. The van der Waals surface area contributed by atoms with Crippen molar-refractivity contribution in [2.75, 3.05) is 0 Å². The van der Waals surface area contributed by atoms with Crippen LogP contribution in [0.15, 0.2) is 28.7 Å². The number of ketones is 2. The molecule has 1 aromatic rings. The molecule has 0 spiro atoms. The van der Waals surface area contributed by atoms with Crippen molar-refractivity contribution in [2.24, 2.45) is 0 Å². The fourth-order valence-corrected chi connectivity index (χ4v) is 2.01. The molecule has 0 saturated heterocycles. The summed E-state index contributed by atoms with van der Waals surface area (Å²) in [6.07, 6.45) is 0.805. The summed E-state index contributed by atoms with van der Waals surface area (Å²) < 4.78 is 0.958. The largest absolute Gasteiger partial charge is 0.299 e. The molecule has 1 fully saturated rings. The Labute approximate surface area is 90.4 Å². The number of hydrogen-bond donors (Lipinski definition) is 0. The van der Waals surface area contributed by atoms with Crippen LogP contribution in [0.4, 0.5) is 0 Å². The molecule has 1 aliphatic carbocycles. The van der Waals surface area contributed by atoms with E-state index in [-0.39, 0.29) is 11.6 Å². The average Bonchev–Trinajstić information content (AvgIpc) is 2.49. The highest BCUT2D eigenvalue weighted by atomic mass is 79.9. The van der Waals surface area contributed by atoms with Gasteiger partial charge in [-0.25, -0.2) is 0 Å². The molecule has 0 atom stereocenters. The maximum atomic E-state index is 11.4. The lowest BCUT2D eigenvalue weighted by molar-refractivity contribution is -0.123. The van der Waals surface area contributed by atoms with E-state index in [9.17, 15) is 9.59 Å². The second-order valence-electron chi connectivity index (χ2n) is 3.42. The van der Waals surface area contributed by atoms with Gasteiger partial charge in [0.05, 0.1) is 0 Å². The Morgan fingerprint density at radius 1 is 1.00 bits per heavy atom. The molecular formula is C11H9BrO2. The van der Waals surface area contributed by atoms with Crippen LogP contribution in [0.25, 0.3) is 0 Å². The second kappa shape index (κ2) is 3.65. The Balaban J connectivity index is 2.34. The van der Waals surface area contributed by atoms with E-state index in [4.69, 9.17) is 0 Å². The van der Waals surface area contributed by atoms with Gasteiger partial charge < -0.3 is 0 Å². The molecule has 2 rings (SSSR count). The summed E-state index contributed by atoms with van der Waals surface area (Å²) in [4.78, 5) is 22.9. The van der Waals surface area contributed by atoms with Gasteiger partial charge in [0.15, 0.2) is 0 Å². The van der Waals surface area contributed by atoms with Crippen molar-refractivity contribution in [3.05, 3.63) is 34.3 Å². The third-order valence-corrected chi connectivity index (χ3v) is 2.99. The van der Waals surface area contributed by atoms with Gasteiger partial charge in [-0.05, 0) is 17.7 Å². The van der Waals surface area contributed by atoms with Gasteiger partial charge in [-0.3, -0.25) is 9.59 Å². The van der Waals surface area contributed by atoms with Crippen LogP contribution >= 0.6 is 15.9 Å². The van der Waals surface area contributed by atoms with E-state index in [1.165, 1.54) is 0 Å². The molecule has 0 radical (unpaired) electrons. The fourth-order valence-electron chi connectivity index (χ4n) is 1.74. The number of benzene rings is 1. The lowest BCUT2D eigenvalue weighted by Gasteiger charge is -2.06. The third kappa shape index (κ3) is 1.64. The van der Waals surface area contributed by atoms with Crippen molar-refractivity contribution in [2.45, 2.75) is 18.8 Å². The highest BCUT2D eigenvalue weighted by Crippen LogP contribution is 2.28. The van der Waals surface area contributed by atoms with E-state index in [1.54, 1.807) is 0 Å². The first kappa shape index (κ1) is 9.59. The minimum atomic E-state index is -0.497. The number of rotatable bonds is 1. The fraction of sp³-hybridized carbons (Fsp3) is 0.273. The zero-order valence-electron chi connectivity index (χ0n) is 7.50. The van der Waals surface area contributed by atoms with E-state index < -0.39 is 5.92 Å². The van der Waals surface area contributed by atoms with Crippen LogP contribution < -0.4 is 0 Å². The molecule has 1 aromatic carbocycles. The number of carbonyl (C=O) groups is 2. The van der Waals surface area contributed by atoms with Crippen LogP contribution in [0, 0.1) is 0 Å². The van der Waals surface area contributed by atoms with E-state index in [1.807, 2.05) is 24.3 Å². The normalized spacial score (nSPS) is 17.8. The van der Waals surface area contributed by atoms with Gasteiger partial charge >= 0.3 is 0 Å². The highest BCUT2D eigenvalue weighted by Gasteiger charge is 2.33. The lowest BCUT2D eigenvalue weighted by Crippen LogP contribution is -2.11. The molecule has 1 aliphatic rings. The molecular weight excluding hydrogens is 244 g/mol. The Hall–Kier alpha value is -0.960. The molecule has 1 saturated carbocycles.